The van der Waals surface area contributed by atoms with E-state index >= 15 is 0 Å². The molecular weight excluding hydrogens is 354 g/mol. The van der Waals surface area contributed by atoms with Gasteiger partial charge in [0.15, 0.2) is 0 Å². The Bertz CT molecular complexity index is 814. The maximum atomic E-state index is 12.6. The van der Waals surface area contributed by atoms with Gasteiger partial charge in [-0.1, -0.05) is 58.4 Å². The van der Waals surface area contributed by atoms with Crippen molar-refractivity contribution in [1.82, 2.24) is 15.5 Å². The number of hydrogen-bond acceptors (Lipinski definition) is 2. The third-order valence-corrected chi connectivity index (χ3v) is 4.14. The Morgan fingerprint density at radius 1 is 1.17 bits per heavy atom. The van der Waals surface area contributed by atoms with Crippen molar-refractivity contribution in [3.8, 4) is 11.3 Å². The number of aromatic amines is 1. The maximum absolute atomic E-state index is 12.6. The van der Waals surface area contributed by atoms with Gasteiger partial charge in [-0.05, 0) is 24.6 Å². The minimum Gasteiger partial charge on any atom is -0.345 e. The highest BCUT2D eigenvalue weighted by atomic mass is 79.9. The molecule has 0 saturated carbocycles. The lowest BCUT2D eigenvalue weighted by Gasteiger charge is -2.14. The third-order valence-electron chi connectivity index (χ3n) is 3.64. The monoisotopic (exact) mass is 369 g/mol. The van der Waals surface area contributed by atoms with E-state index in [1.165, 1.54) is 0 Å². The first-order valence-corrected chi connectivity index (χ1v) is 8.09. The Hall–Kier alpha value is -2.40. The van der Waals surface area contributed by atoms with Crippen LogP contribution in [0.5, 0.6) is 0 Å². The summed E-state index contributed by atoms with van der Waals surface area (Å²) in [5.41, 5.74) is 3.22. The van der Waals surface area contributed by atoms with Gasteiger partial charge in [-0.2, -0.15) is 5.10 Å². The summed E-state index contributed by atoms with van der Waals surface area (Å²) < 4.78 is 0.952. The van der Waals surface area contributed by atoms with E-state index in [-0.39, 0.29) is 11.9 Å². The van der Waals surface area contributed by atoms with Crippen molar-refractivity contribution in [2.45, 2.75) is 13.0 Å². The van der Waals surface area contributed by atoms with Crippen LogP contribution in [0.1, 0.15) is 28.9 Å². The van der Waals surface area contributed by atoms with E-state index in [9.17, 15) is 4.79 Å². The van der Waals surface area contributed by atoms with Crippen molar-refractivity contribution in [3.63, 3.8) is 0 Å². The van der Waals surface area contributed by atoms with Crippen molar-refractivity contribution in [2.24, 2.45) is 0 Å². The van der Waals surface area contributed by atoms with Crippen LogP contribution in [0.25, 0.3) is 11.3 Å². The summed E-state index contributed by atoms with van der Waals surface area (Å²) in [4.78, 5) is 12.6. The van der Waals surface area contributed by atoms with Crippen molar-refractivity contribution < 1.29 is 4.79 Å². The van der Waals surface area contributed by atoms with Crippen LogP contribution in [0.2, 0.25) is 0 Å². The summed E-state index contributed by atoms with van der Waals surface area (Å²) in [6, 6.07) is 17.6. The molecule has 4 nitrogen and oxygen atoms in total. The topological polar surface area (TPSA) is 57.8 Å². The SMILES string of the molecule is C[C@@H](NC(=O)c1cn[nH]c1-c1cccc(Br)c1)c1ccccc1. The number of halogens is 1. The summed E-state index contributed by atoms with van der Waals surface area (Å²) in [6.45, 7) is 1.96. The second kappa shape index (κ2) is 6.79. The molecule has 3 aromatic rings. The molecule has 0 saturated heterocycles. The first-order valence-electron chi connectivity index (χ1n) is 7.30. The van der Waals surface area contributed by atoms with Gasteiger partial charge in [0.1, 0.15) is 0 Å². The molecule has 0 aliphatic carbocycles. The average Bonchev–Trinajstić information content (AvgIpc) is 3.05. The molecule has 0 radical (unpaired) electrons. The number of rotatable bonds is 4. The molecule has 1 amide bonds. The lowest BCUT2D eigenvalue weighted by molar-refractivity contribution is 0.0940. The summed E-state index contributed by atoms with van der Waals surface area (Å²) in [5.74, 6) is -0.148. The quantitative estimate of drug-likeness (QED) is 0.718. The van der Waals surface area contributed by atoms with E-state index in [2.05, 4.69) is 31.4 Å². The summed E-state index contributed by atoms with van der Waals surface area (Å²) in [5, 5.41) is 9.95. The first kappa shape index (κ1) is 15.5. The maximum Gasteiger partial charge on any atom is 0.255 e. The smallest absolute Gasteiger partial charge is 0.255 e. The van der Waals surface area contributed by atoms with Gasteiger partial charge in [0.2, 0.25) is 0 Å². The number of hydrogen-bond donors (Lipinski definition) is 2. The molecule has 0 aliphatic heterocycles. The normalized spacial score (nSPS) is 11.9. The molecule has 0 bridgehead atoms. The Morgan fingerprint density at radius 2 is 1.96 bits per heavy atom. The van der Waals surface area contributed by atoms with Gasteiger partial charge in [-0.3, -0.25) is 9.89 Å². The second-order valence-electron chi connectivity index (χ2n) is 5.27. The van der Waals surface area contributed by atoms with Gasteiger partial charge < -0.3 is 5.32 Å². The molecule has 23 heavy (non-hydrogen) atoms. The zero-order valence-corrected chi connectivity index (χ0v) is 14.2. The Labute approximate surface area is 143 Å². The van der Waals surface area contributed by atoms with E-state index in [1.54, 1.807) is 6.20 Å². The Kier molecular flexibility index (Phi) is 4.57. The predicted octanol–water partition coefficient (Wildman–Crippen LogP) is 4.33. The van der Waals surface area contributed by atoms with Gasteiger partial charge in [0.25, 0.3) is 5.91 Å². The van der Waals surface area contributed by atoms with E-state index in [0.717, 1.165) is 15.6 Å². The third kappa shape index (κ3) is 3.51. The number of carbonyl (C=O) groups excluding carboxylic acids is 1. The molecule has 0 unspecified atom stereocenters. The standard InChI is InChI=1S/C18H16BrN3O/c1-12(13-6-3-2-4-7-13)21-18(23)16-11-20-22-17(16)14-8-5-9-15(19)10-14/h2-12H,1H3,(H,20,22)(H,21,23)/t12-/m1/s1. The van der Waals surface area contributed by atoms with Crippen LogP contribution in [-0.4, -0.2) is 16.1 Å². The summed E-state index contributed by atoms with van der Waals surface area (Å²) >= 11 is 3.45. The number of carbonyl (C=O) groups is 1. The fourth-order valence-corrected chi connectivity index (χ4v) is 2.82. The van der Waals surface area contributed by atoms with Crippen LogP contribution >= 0.6 is 15.9 Å². The molecule has 2 N–H and O–H groups in total. The van der Waals surface area contributed by atoms with Crippen molar-refractivity contribution in [2.75, 3.05) is 0 Å². The van der Waals surface area contributed by atoms with Crippen LogP contribution in [0, 0.1) is 0 Å². The van der Waals surface area contributed by atoms with Crippen molar-refractivity contribution in [1.29, 1.82) is 0 Å². The van der Waals surface area contributed by atoms with E-state index in [1.807, 2.05) is 61.5 Å². The Balaban J connectivity index is 1.83. The van der Waals surface area contributed by atoms with E-state index < -0.39 is 0 Å². The summed E-state index contributed by atoms with van der Waals surface area (Å²) in [6.07, 6.45) is 1.56. The van der Waals surface area contributed by atoms with Crippen molar-refractivity contribution >= 4 is 21.8 Å². The predicted molar refractivity (Wildman–Crippen MR) is 94.0 cm³/mol. The highest BCUT2D eigenvalue weighted by molar-refractivity contribution is 9.10. The average molecular weight is 370 g/mol. The van der Waals surface area contributed by atoms with Gasteiger partial charge in [-0.25, -0.2) is 0 Å². The van der Waals surface area contributed by atoms with Gasteiger partial charge in [-0.15, -0.1) is 0 Å². The number of benzene rings is 2. The van der Waals surface area contributed by atoms with E-state index in [0.29, 0.717) is 11.3 Å². The minimum atomic E-state index is -0.148. The lowest BCUT2D eigenvalue weighted by Crippen LogP contribution is -2.26. The molecule has 3 rings (SSSR count). The Morgan fingerprint density at radius 3 is 2.70 bits per heavy atom. The van der Waals surface area contributed by atoms with Crippen molar-refractivity contribution in [3.05, 3.63) is 76.4 Å². The van der Waals surface area contributed by atoms with E-state index in [4.69, 9.17) is 0 Å². The molecule has 0 aliphatic rings. The van der Waals surface area contributed by atoms with Crippen LogP contribution in [0.3, 0.4) is 0 Å². The molecule has 5 heteroatoms. The number of H-pyrrole nitrogens is 1. The highest BCUT2D eigenvalue weighted by Crippen LogP contribution is 2.24. The molecule has 1 heterocycles. The lowest BCUT2D eigenvalue weighted by atomic mass is 10.1. The highest BCUT2D eigenvalue weighted by Gasteiger charge is 2.17. The molecule has 116 valence electrons. The molecule has 1 aromatic heterocycles. The van der Waals surface area contributed by atoms with Gasteiger partial charge in [0.05, 0.1) is 23.5 Å². The number of nitrogens with zero attached hydrogens (tertiary/aromatic N) is 1. The summed E-state index contributed by atoms with van der Waals surface area (Å²) in [7, 11) is 0. The largest absolute Gasteiger partial charge is 0.345 e. The zero-order chi connectivity index (χ0) is 16.2. The fourth-order valence-electron chi connectivity index (χ4n) is 2.42. The van der Waals surface area contributed by atoms with Gasteiger partial charge in [0, 0.05) is 10.0 Å². The second-order valence-corrected chi connectivity index (χ2v) is 6.19. The van der Waals surface area contributed by atoms with Crippen LogP contribution in [0.15, 0.2) is 65.3 Å². The zero-order valence-electron chi connectivity index (χ0n) is 12.6. The minimum absolute atomic E-state index is 0.0750. The number of aromatic nitrogens is 2. The van der Waals surface area contributed by atoms with Crippen LogP contribution in [-0.2, 0) is 0 Å². The molecule has 0 fully saturated rings. The van der Waals surface area contributed by atoms with Crippen LogP contribution in [0.4, 0.5) is 0 Å². The molecule has 2 aromatic carbocycles. The molecule has 1 atom stereocenters. The first-order chi connectivity index (χ1) is 11.1. The fraction of sp³-hybridized carbons (Fsp3) is 0.111. The van der Waals surface area contributed by atoms with Crippen LogP contribution < -0.4 is 5.32 Å². The number of amides is 1. The van der Waals surface area contributed by atoms with Gasteiger partial charge >= 0.3 is 0 Å². The molecular formula is C18H16BrN3O. The number of nitrogens with one attached hydrogen (secondary N) is 2. The molecule has 0 spiro atoms.